The van der Waals surface area contributed by atoms with Gasteiger partial charge >= 0.3 is 0 Å². The number of ether oxygens (including phenoxy) is 1. The van der Waals surface area contributed by atoms with Crippen LogP contribution in [0.25, 0.3) is 0 Å². The average Bonchev–Trinajstić information content (AvgIpc) is 2.47. The Morgan fingerprint density at radius 3 is 2.67 bits per heavy atom. The smallest absolute Gasteiger partial charge is 0.263 e. The van der Waals surface area contributed by atoms with Gasteiger partial charge in [0.25, 0.3) is 6.43 Å². The highest BCUT2D eigenvalue weighted by Crippen LogP contribution is 2.26. The summed E-state index contributed by atoms with van der Waals surface area (Å²) >= 11 is 0. The molecule has 0 radical (unpaired) electrons. The Balaban J connectivity index is 2.11. The zero-order valence-corrected chi connectivity index (χ0v) is 11.6. The van der Waals surface area contributed by atoms with E-state index in [1.54, 1.807) is 25.1 Å². The summed E-state index contributed by atoms with van der Waals surface area (Å²) in [5.74, 6) is 0.0196. The van der Waals surface area contributed by atoms with Crippen LogP contribution in [0.4, 0.5) is 18.9 Å². The lowest BCUT2D eigenvalue weighted by Gasteiger charge is -2.13. The Morgan fingerprint density at radius 1 is 1.14 bits per heavy atom. The molecule has 0 spiro atoms. The second kappa shape index (κ2) is 7.02. The molecule has 0 saturated carbocycles. The van der Waals surface area contributed by atoms with E-state index in [1.807, 2.05) is 0 Å². The topological polar surface area (TPSA) is 21.3 Å². The normalized spacial score (nSPS) is 10.7. The van der Waals surface area contributed by atoms with Crippen molar-refractivity contribution in [1.29, 1.82) is 0 Å². The third kappa shape index (κ3) is 4.15. The second-order valence-electron chi connectivity index (χ2n) is 4.47. The molecule has 0 aromatic heterocycles. The minimum atomic E-state index is -2.49. The number of alkyl halides is 2. The molecule has 21 heavy (non-hydrogen) atoms. The summed E-state index contributed by atoms with van der Waals surface area (Å²) in [5, 5.41) is 3.07. The Labute approximate surface area is 121 Å². The van der Waals surface area contributed by atoms with Crippen LogP contribution in [0.2, 0.25) is 0 Å². The first-order chi connectivity index (χ1) is 10.1. The molecule has 0 unspecified atom stereocenters. The summed E-state index contributed by atoms with van der Waals surface area (Å²) in [6.07, 6.45) is -2.49. The van der Waals surface area contributed by atoms with E-state index in [2.05, 4.69) is 5.32 Å². The summed E-state index contributed by atoms with van der Waals surface area (Å²) in [6, 6.07) is 10.4. The Morgan fingerprint density at radius 2 is 1.95 bits per heavy atom. The van der Waals surface area contributed by atoms with E-state index < -0.39 is 6.43 Å². The monoisotopic (exact) mass is 295 g/mol. The van der Waals surface area contributed by atoms with Gasteiger partial charge in [0.05, 0.1) is 12.3 Å². The van der Waals surface area contributed by atoms with Gasteiger partial charge in [-0.15, -0.1) is 0 Å². The van der Waals surface area contributed by atoms with E-state index in [-0.39, 0.29) is 11.4 Å². The quantitative estimate of drug-likeness (QED) is 0.828. The van der Waals surface area contributed by atoms with Gasteiger partial charge in [-0.05, 0) is 30.7 Å². The van der Waals surface area contributed by atoms with E-state index in [1.165, 1.54) is 24.3 Å². The van der Waals surface area contributed by atoms with Gasteiger partial charge in [0.1, 0.15) is 11.6 Å². The van der Waals surface area contributed by atoms with Gasteiger partial charge in [0.15, 0.2) is 0 Å². The summed E-state index contributed by atoms with van der Waals surface area (Å²) in [7, 11) is 0. The van der Waals surface area contributed by atoms with Gasteiger partial charge < -0.3 is 10.1 Å². The molecule has 0 amide bonds. The van der Waals surface area contributed by atoms with Crippen molar-refractivity contribution in [3.05, 3.63) is 59.4 Å². The van der Waals surface area contributed by atoms with Gasteiger partial charge in [0.2, 0.25) is 0 Å². The highest BCUT2D eigenvalue weighted by atomic mass is 19.3. The van der Waals surface area contributed by atoms with E-state index >= 15 is 0 Å². The lowest BCUT2D eigenvalue weighted by atomic mass is 10.1. The molecular formula is C16H16F3NO. The van der Waals surface area contributed by atoms with Gasteiger partial charge in [-0.2, -0.15) is 0 Å². The van der Waals surface area contributed by atoms with Gasteiger partial charge in [-0.3, -0.25) is 0 Å². The fourth-order valence-electron chi connectivity index (χ4n) is 1.95. The van der Waals surface area contributed by atoms with Crippen molar-refractivity contribution < 1.29 is 17.9 Å². The van der Waals surface area contributed by atoms with Crippen LogP contribution in [0.15, 0.2) is 42.5 Å². The zero-order chi connectivity index (χ0) is 15.2. The molecule has 0 aliphatic rings. The first-order valence-electron chi connectivity index (χ1n) is 6.63. The van der Waals surface area contributed by atoms with Crippen molar-refractivity contribution >= 4 is 5.69 Å². The van der Waals surface area contributed by atoms with Crippen molar-refractivity contribution in [2.45, 2.75) is 19.9 Å². The summed E-state index contributed by atoms with van der Waals surface area (Å²) in [6.45, 7) is 2.58. The van der Waals surface area contributed by atoms with E-state index in [4.69, 9.17) is 4.74 Å². The van der Waals surface area contributed by atoms with Crippen LogP contribution in [0, 0.1) is 5.82 Å². The lowest BCUT2D eigenvalue weighted by Crippen LogP contribution is -2.03. The molecule has 2 aromatic rings. The molecule has 1 N–H and O–H groups in total. The van der Waals surface area contributed by atoms with Gasteiger partial charge in [-0.25, -0.2) is 13.2 Å². The van der Waals surface area contributed by atoms with E-state index in [0.717, 1.165) is 5.56 Å². The van der Waals surface area contributed by atoms with Crippen molar-refractivity contribution in [3.63, 3.8) is 0 Å². The molecule has 0 saturated heterocycles. The maximum absolute atomic E-state index is 13.2. The number of hydrogen-bond donors (Lipinski definition) is 1. The molecule has 0 aliphatic heterocycles. The highest BCUT2D eigenvalue weighted by molar-refractivity contribution is 5.56. The van der Waals surface area contributed by atoms with Crippen molar-refractivity contribution in [2.75, 3.05) is 11.9 Å². The van der Waals surface area contributed by atoms with Crippen molar-refractivity contribution in [1.82, 2.24) is 0 Å². The molecule has 2 nitrogen and oxygen atoms in total. The van der Waals surface area contributed by atoms with E-state index in [0.29, 0.717) is 24.6 Å². The van der Waals surface area contributed by atoms with Crippen LogP contribution in [-0.2, 0) is 6.54 Å². The second-order valence-corrected chi connectivity index (χ2v) is 4.47. The fourth-order valence-corrected chi connectivity index (χ4v) is 1.95. The first-order valence-corrected chi connectivity index (χ1v) is 6.63. The summed E-state index contributed by atoms with van der Waals surface area (Å²) < 4.78 is 43.8. The molecule has 0 atom stereocenters. The third-order valence-corrected chi connectivity index (χ3v) is 2.93. The molecule has 5 heteroatoms. The summed E-state index contributed by atoms with van der Waals surface area (Å²) in [5.41, 5.74) is 1.33. The maximum atomic E-state index is 13.2. The van der Waals surface area contributed by atoms with Crippen LogP contribution in [0.1, 0.15) is 24.5 Å². The van der Waals surface area contributed by atoms with Crippen LogP contribution in [0.5, 0.6) is 5.75 Å². The number of hydrogen-bond acceptors (Lipinski definition) is 2. The molecule has 0 fully saturated rings. The SMILES string of the molecule is CCOc1cc(F)ccc1NCc1cccc(C(F)F)c1. The molecule has 2 aromatic carbocycles. The van der Waals surface area contributed by atoms with Crippen molar-refractivity contribution in [3.8, 4) is 5.75 Å². The average molecular weight is 295 g/mol. The number of halogens is 3. The fraction of sp³-hybridized carbons (Fsp3) is 0.250. The number of benzene rings is 2. The number of nitrogens with one attached hydrogen (secondary N) is 1. The highest BCUT2D eigenvalue weighted by Gasteiger charge is 2.08. The molecule has 2 rings (SSSR count). The number of rotatable bonds is 6. The number of anilines is 1. The standard InChI is InChI=1S/C16H16F3NO/c1-2-21-15-9-13(17)6-7-14(15)20-10-11-4-3-5-12(8-11)16(18)19/h3-9,16,20H,2,10H2,1H3. The largest absolute Gasteiger partial charge is 0.492 e. The van der Waals surface area contributed by atoms with Crippen LogP contribution < -0.4 is 10.1 Å². The van der Waals surface area contributed by atoms with Gasteiger partial charge in [0, 0.05) is 18.2 Å². The Bertz CT molecular complexity index is 602. The predicted molar refractivity (Wildman–Crippen MR) is 76.3 cm³/mol. The lowest BCUT2D eigenvalue weighted by molar-refractivity contribution is 0.151. The maximum Gasteiger partial charge on any atom is 0.263 e. The molecule has 0 heterocycles. The Hall–Kier alpha value is -2.17. The molecular weight excluding hydrogens is 279 g/mol. The molecule has 112 valence electrons. The third-order valence-electron chi connectivity index (χ3n) is 2.93. The molecule has 0 aliphatic carbocycles. The summed E-state index contributed by atoms with van der Waals surface area (Å²) in [4.78, 5) is 0. The van der Waals surface area contributed by atoms with Crippen LogP contribution >= 0.6 is 0 Å². The van der Waals surface area contributed by atoms with Crippen LogP contribution in [0.3, 0.4) is 0 Å². The van der Waals surface area contributed by atoms with E-state index in [9.17, 15) is 13.2 Å². The Kier molecular flexibility index (Phi) is 5.09. The predicted octanol–water partition coefficient (Wildman–Crippen LogP) is 4.77. The van der Waals surface area contributed by atoms with Crippen LogP contribution in [-0.4, -0.2) is 6.61 Å². The van der Waals surface area contributed by atoms with Crippen molar-refractivity contribution in [2.24, 2.45) is 0 Å². The molecule has 0 bridgehead atoms. The minimum absolute atomic E-state index is 0.0153. The van der Waals surface area contributed by atoms with Gasteiger partial charge in [-0.1, -0.05) is 18.2 Å². The zero-order valence-electron chi connectivity index (χ0n) is 11.6. The minimum Gasteiger partial charge on any atom is -0.492 e. The first kappa shape index (κ1) is 15.2.